The SMILES string of the molecule is CN1CC(C(F)c2c(F)cccc2F)C1.Fc1cc(F)cc(C(F)C2CNC2)c1.Fc1ccc(C(F)C2CNC2)c(F)c1.Fc1ccc(C(F)C2CNC2)cc1F.Fc1ccc(F)c(C(F)C2CNC2)c1.Fc1cccc(C(F)C2CNC2)c1F. The molecule has 5 N–H and O–H groups in total. The van der Waals surface area contributed by atoms with Crippen molar-refractivity contribution in [2.24, 2.45) is 35.5 Å². The van der Waals surface area contributed by atoms with Gasteiger partial charge in [0, 0.05) is 143 Å². The van der Waals surface area contributed by atoms with Gasteiger partial charge < -0.3 is 31.5 Å². The summed E-state index contributed by atoms with van der Waals surface area (Å²) in [6.45, 7) is 6.64. The third-order valence-corrected chi connectivity index (χ3v) is 15.2. The molecule has 0 amide bonds. The molecule has 0 aliphatic carbocycles. The summed E-state index contributed by atoms with van der Waals surface area (Å²) in [6, 6.07) is 18.9. The van der Waals surface area contributed by atoms with Crippen LogP contribution in [0.4, 0.5) is 79.0 Å². The topological polar surface area (TPSA) is 63.4 Å². The lowest BCUT2D eigenvalue weighted by molar-refractivity contribution is 0.0560. The molecule has 0 bridgehead atoms. The second-order valence-corrected chi connectivity index (χ2v) is 21.5. The van der Waals surface area contributed by atoms with Gasteiger partial charge in [0.2, 0.25) is 0 Å². The highest BCUT2D eigenvalue weighted by Crippen LogP contribution is 2.37. The Morgan fingerprint density at radius 2 is 0.741 bits per heavy atom. The molecule has 6 unspecified atom stereocenters. The number of alkyl halides is 6. The Kier molecular flexibility index (Phi) is 24.2. The summed E-state index contributed by atoms with van der Waals surface area (Å²) in [6.07, 6.45) is -8.18. The van der Waals surface area contributed by atoms with Crippen molar-refractivity contribution in [1.29, 1.82) is 0 Å². The molecule has 6 heterocycles. The highest BCUT2D eigenvalue weighted by Gasteiger charge is 2.37. The average Bonchev–Trinajstić information content (AvgIpc) is 3.15. The van der Waals surface area contributed by atoms with Crippen molar-refractivity contribution in [3.05, 3.63) is 212 Å². The minimum Gasteiger partial charge on any atom is -0.316 e. The molecule has 85 heavy (non-hydrogen) atoms. The Labute approximate surface area is 479 Å². The molecular weight excluding hydrogens is 1160 g/mol. The van der Waals surface area contributed by atoms with Gasteiger partial charge in [-0.2, -0.15) is 0 Å². The molecule has 0 aromatic heterocycles. The smallest absolute Gasteiger partial charge is 0.164 e. The first-order chi connectivity index (χ1) is 40.5. The van der Waals surface area contributed by atoms with E-state index >= 15 is 0 Å². The van der Waals surface area contributed by atoms with Crippen LogP contribution in [-0.4, -0.2) is 90.5 Å². The molecule has 6 nitrogen and oxygen atoms in total. The van der Waals surface area contributed by atoms with Crippen LogP contribution in [-0.2, 0) is 0 Å². The largest absolute Gasteiger partial charge is 0.316 e. The van der Waals surface area contributed by atoms with Crippen LogP contribution in [0.2, 0.25) is 0 Å². The van der Waals surface area contributed by atoms with E-state index in [9.17, 15) is 79.0 Å². The molecule has 0 radical (unpaired) electrons. The number of rotatable bonds is 12. The normalized spacial score (nSPS) is 19.2. The monoisotopic (exact) mass is 1220 g/mol. The Morgan fingerprint density at radius 1 is 0.318 bits per heavy atom. The van der Waals surface area contributed by atoms with E-state index in [0.717, 1.165) is 72.8 Å². The molecule has 6 aromatic rings. The van der Waals surface area contributed by atoms with Gasteiger partial charge in [-0.05, 0) is 84.9 Å². The van der Waals surface area contributed by atoms with Crippen LogP contribution in [0.3, 0.4) is 0 Å². The Morgan fingerprint density at radius 3 is 1.21 bits per heavy atom. The van der Waals surface area contributed by atoms with E-state index in [1.807, 2.05) is 11.9 Å². The Hall–Kier alpha value is -6.18. The van der Waals surface area contributed by atoms with Crippen LogP contribution < -0.4 is 26.6 Å². The van der Waals surface area contributed by atoms with Gasteiger partial charge in [-0.1, -0.05) is 30.3 Å². The van der Waals surface area contributed by atoms with Gasteiger partial charge in [0.05, 0.1) is 5.56 Å². The molecule has 6 fully saturated rings. The zero-order valence-electron chi connectivity index (χ0n) is 45.6. The molecule has 0 spiro atoms. The maximum atomic E-state index is 13.8. The van der Waals surface area contributed by atoms with E-state index in [1.54, 1.807) is 0 Å². The number of nitrogens with one attached hydrogen (secondary N) is 5. The zero-order valence-corrected chi connectivity index (χ0v) is 45.6. The Bertz CT molecular complexity index is 3040. The third-order valence-electron chi connectivity index (χ3n) is 15.2. The first-order valence-electron chi connectivity index (χ1n) is 27.3. The standard InChI is InChI=1S/C11H12F3N.5C10H10F3N/c1-15-5-7(6-15)11(14)10-8(12)3-2-4-9(10)13;11-8-1-6(2-9(12)3-8)10(13)7-4-14-5-7;11-7-1-2-9(12)8(3-7)10(13)6-4-14-5-6;11-7-1-2-8(9(12)3-7)10(13)6-4-14-5-6;11-8-2-1-6(3-9(8)12)10(13)7-4-14-5-7;11-8-3-1-2-7(10(8)13)9(12)6-4-14-5-6/h2-4,7,11H,5-6H2,1H3;1-3,7,10,14H,4-5H2;2*1-3,6,10,14H,4-5H2;1-3,7,10,14H,4-5H2;1-3,6,9,14H,4-5H2. The second-order valence-electron chi connectivity index (χ2n) is 21.5. The number of hydrogen-bond acceptors (Lipinski definition) is 6. The summed E-state index contributed by atoms with van der Waals surface area (Å²) < 4.78 is 236. The quantitative estimate of drug-likeness (QED) is 0.0787. The molecule has 6 aromatic carbocycles. The van der Waals surface area contributed by atoms with Gasteiger partial charge in [-0.25, -0.2) is 79.0 Å². The van der Waals surface area contributed by atoms with Gasteiger partial charge in [0.1, 0.15) is 83.6 Å². The summed E-state index contributed by atoms with van der Waals surface area (Å²) in [5, 5.41) is 14.5. The van der Waals surface area contributed by atoms with Crippen LogP contribution in [0.25, 0.3) is 0 Å². The van der Waals surface area contributed by atoms with Crippen molar-refractivity contribution in [3.63, 3.8) is 0 Å². The molecule has 24 heteroatoms. The first-order valence-corrected chi connectivity index (χ1v) is 27.3. The Balaban J connectivity index is 0.000000146. The first kappa shape index (κ1) is 66.3. The van der Waals surface area contributed by atoms with Gasteiger partial charge in [-0.15, -0.1) is 0 Å². The van der Waals surface area contributed by atoms with Crippen molar-refractivity contribution in [2.45, 2.75) is 37.0 Å². The number of nitrogens with zero attached hydrogens (tertiary/aromatic N) is 1. The fraction of sp³-hybridized carbons (Fsp3) is 0.410. The van der Waals surface area contributed by atoms with Crippen molar-refractivity contribution in [3.8, 4) is 0 Å². The van der Waals surface area contributed by atoms with Crippen LogP contribution in [0.5, 0.6) is 0 Å². The van der Waals surface area contributed by atoms with Crippen molar-refractivity contribution in [2.75, 3.05) is 85.6 Å². The van der Waals surface area contributed by atoms with Crippen molar-refractivity contribution < 1.29 is 79.0 Å². The predicted molar refractivity (Wildman–Crippen MR) is 284 cm³/mol. The number of hydrogen-bond donors (Lipinski definition) is 5. The van der Waals surface area contributed by atoms with E-state index in [-0.39, 0.29) is 63.3 Å². The van der Waals surface area contributed by atoms with Crippen LogP contribution in [0.1, 0.15) is 70.4 Å². The minimum absolute atomic E-state index is 0.0436. The lowest BCUT2D eigenvalue weighted by Crippen LogP contribution is -2.46. The lowest BCUT2D eigenvalue weighted by Gasteiger charge is -2.38. The predicted octanol–water partition coefficient (Wildman–Crippen LogP) is 13.5. The van der Waals surface area contributed by atoms with E-state index in [2.05, 4.69) is 26.6 Å². The zero-order chi connectivity index (χ0) is 61.6. The highest BCUT2D eigenvalue weighted by molar-refractivity contribution is 5.27. The molecule has 0 saturated carbocycles. The fourth-order valence-electron chi connectivity index (χ4n) is 9.44. The second kappa shape index (κ2) is 30.9. The van der Waals surface area contributed by atoms with Crippen LogP contribution in [0, 0.1) is 105 Å². The lowest BCUT2D eigenvalue weighted by atomic mass is 9.90. The molecule has 462 valence electrons. The van der Waals surface area contributed by atoms with E-state index in [1.165, 1.54) is 30.3 Å². The maximum Gasteiger partial charge on any atom is 0.164 e. The van der Waals surface area contributed by atoms with Gasteiger partial charge >= 0.3 is 0 Å². The van der Waals surface area contributed by atoms with Crippen molar-refractivity contribution >= 4 is 0 Å². The van der Waals surface area contributed by atoms with Gasteiger partial charge in [0.25, 0.3) is 0 Å². The van der Waals surface area contributed by atoms with Crippen LogP contribution >= 0.6 is 0 Å². The van der Waals surface area contributed by atoms with E-state index < -0.39 is 112 Å². The molecule has 6 aliphatic rings. The summed E-state index contributed by atoms with van der Waals surface area (Å²) in [5.41, 5.74) is -0.495. The van der Waals surface area contributed by atoms with Crippen molar-refractivity contribution in [1.82, 2.24) is 31.5 Å². The van der Waals surface area contributed by atoms with E-state index in [0.29, 0.717) is 84.6 Å². The highest BCUT2D eigenvalue weighted by atomic mass is 19.2. The number of benzene rings is 6. The molecular formula is C61H62F18N6. The average molecular weight is 1220 g/mol. The molecule has 6 atom stereocenters. The van der Waals surface area contributed by atoms with Crippen LogP contribution in [0.15, 0.2) is 109 Å². The summed E-state index contributed by atoms with van der Waals surface area (Å²) in [5.74, 6) is -11.0. The minimum atomic E-state index is -1.54. The van der Waals surface area contributed by atoms with E-state index in [4.69, 9.17) is 0 Å². The molecule has 6 aliphatic heterocycles. The number of halogens is 18. The summed E-state index contributed by atoms with van der Waals surface area (Å²) in [4.78, 5) is 1.91. The van der Waals surface area contributed by atoms with Gasteiger partial charge in [0.15, 0.2) is 23.3 Å². The maximum absolute atomic E-state index is 13.8. The molecule has 12 rings (SSSR count). The number of likely N-dealkylation sites (tertiary alicyclic amines) is 1. The van der Waals surface area contributed by atoms with Gasteiger partial charge in [-0.3, -0.25) is 0 Å². The third kappa shape index (κ3) is 17.7. The summed E-state index contributed by atoms with van der Waals surface area (Å²) >= 11 is 0. The fourth-order valence-corrected chi connectivity index (χ4v) is 9.44. The summed E-state index contributed by atoms with van der Waals surface area (Å²) in [7, 11) is 1.85. The molecule has 6 saturated heterocycles.